The van der Waals surface area contributed by atoms with E-state index in [0.717, 1.165) is 23.6 Å². The molecule has 3 aromatic carbocycles. The van der Waals surface area contributed by atoms with Gasteiger partial charge in [0, 0.05) is 48.2 Å². The molecule has 0 saturated heterocycles. The van der Waals surface area contributed by atoms with Gasteiger partial charge < -0.3 is 20.3 Å². The average Bonchev–Trinajstić information content (AvgIpc) is 3.55. The van der Waals surface area contributed by atoms with E-state index in [9.17, 15) is 18.4 Å². The molecule has 1 unspecified atom stereocenters. The minimum atomic E-state index is -3.07. The lowest BCUT2D eigenvalue weighted by molar-refractivity contribution is -0.127. The lowest BCUT2D eigenvalue weighted by atomic mass is 9.99. The Bertz CT molecular complexity index is 1500. The van der Waals surface area contributed by atoms with E-state index in [0.29, 0.717) is 30.4 Å². The summed E-state index contributed by atoms with van der Waals surface area (Å²) in [6.45, 7) is 3.52. The third-order valence-corrected chi connectivity index (χ3v) is 6.79. The van der Waals surface area contributed by atoms with E-state index in [1.165, 1.54) is 29.3 Å². The lowest BCUT2D eigenvalue weighted by Crippen LogP contribution is -2.36. The molecule has 5 rings (SSSR count). The van der Waals surface area contributed by atoms with E-state index < -0.39 is 23.7 Å². The number of rotatable bonds is 8. The van der Waals surface area contributed by atoms with Gasteiger partial charge in [-0.1, -0.05) is 42.5 Å². The fourth-order valence-electron chi connectivity index (χ4n) is 4.83. The predicted molar refractivity (Wildman–Crippen MR) is 150 cm³/mol. The Labute approximate surface area is 230 Å². The fourth-order valence-corrected chi connectivity index (χ4v) is 4.83. The Morgan fingerprint density at radius 2 is 1.93 bits per heavy atom. The average molecular weight is 546 g/mol. The number of nitrogens with one attached hydrogen (secondary N) is 2. The van der Waals surface area contributed by atoms with Gasteiger partial charge in [-0.25, -0.2) is 8.78 Å². The smallest absolute Gasteiger partial charge is 0.270 e. The number of halogens is 2. The number of carbonyl (C=O) groups is 2. The van der Waals surface area contributed by atoms with Gasteiger partial charge in [0.05, 0.1) is 25.2 Å². The molecule has 206 valence electrons. The van der Waals surface area contributed by atoms with Gasteiger partial charge in [0.2, 0.25) is 5.91 Å². The second-order valence-corrected chi connectivity index (χ2v) is 9.76. The van der Waals surface area contributed by atoms with Crippen LogP contribution in [0, 0.1) is 5.92 Å². The second kappa shape index (κ2) is 10.8. The van der Waals surface area contributed by atoms with Crippen LogP contribution in [-0.4, -0.2) is 36.2 Å². The van der Waals surface area contributed by atoms with Gasteiger partial charge in [0.15, 0.2) is 5.92 Å². The normalized spacial score (nSPS) is 16.7. The maximum absolute atomic E-state index is 13.8. The van der Waals surface area contributed by atoms with Crippen molar-refractivity contribution in [2.24, 2.45) is 11.0 Å². The zero-order valence-corrected chi connectivity index (χ0v) is 22.3. The Morgan fingerprint density at radius 3 is 2.60 bits per heavy atom. The van der Waals surface area contributed by atoms with Crippen molar-refractivity contribution in [3.63, 3.8) is 0 Å². The zero-order valence-electron chi connectivity index (χ0n) is 22.3. The Morgan fingerprint density at radius 1 is 1.15 bits per heavy atom. The number of carbonyl (C=O) groups excluding carboxylic acids is 2. The van der Waals surface area contributed by atoms with Crippen molar-refractivity contribution in [2.45, 2.75) is 26.3 Å². The molecule has 0 spiro atoms. The van der Waals surface area contributed by atoms with Crippen LogP contribution in [0.4, 0.5) is 20.2 Å². The lowest BCUT2D eigenvalue weighted by Gasteiger charge is -2.23. The molecule has 8 nitrogen and oxygen atoms in total. The van der Waals surface area contributed by atoms with Crippen LogP contribution in [-0.2, 0) is 22.1 Å². The Kier molecular flexibility index (Phi) is 7.25. The van der Waals surface area contributed by atoms with Crippen molar-refractivity contribution in [1.82, 2.24) is 10.2 Å². The van der Waals surface area contributed by atoms with Crippen LogP contribution in [0.15, 0.2) is 84.2 Å². The molecule has 0 radical (unpaired) electrons. The number of hydrogen-bond acceptors (Lipinski definition) is 6. The summed E-state index contributed by atoms with van der Waals surface area (Å²) >= 11 is 0. The number of benzene rings is 3. The third-order valence-electron chi connectivity index (χ3n) is 6.79. The van der Waals surface area contributed by atoms with E-state index in [1.54, 1.807) is 14.0 Å². The summed E-state index contributed by atoms with van der Waals surface area (Å²) in [6.07, 6.45) is 3.79. The van der Waals surface area contributed by atoms with E-state index in [-0.39, 0.29) is 11.3 Å². The molecule has 2 N–H and O–H groups in total. The van der Waals surface area contributed by atoms with Crippen LogP contribution in [0.3, 0.4) is 0 Å². The number of hydrazone groups is 1. The number of hydrogen-bond donors (Lipinski definition) is 2. The summed E-state index contributed by atoms with van der Waals surface area (Å²) in [4.78, 5) is 28.8. The Hall–Kier alpha value is -4.73. The molecule has 0 fully saturated rings. The van der Waals surface area contributed by atoms with Crippen LogP contribution in [0.2, 0.25) is 0 Å². The molecule has 0 aliphatic carbocycles. The first-order chi connectivity index (χ1) is 19.2. The van der Waals surface area contributed by atoms with Crippen LogP contribution in [0.5, 0.6) is 5.75 Å². The SMILES string of the molecule is COc1c(CN2C=CNC2)cc(N2N=C(C)C(C(=O)Nc3cccc(C(C)(F)F)c3)C2=O)cc1-c1ccccc1. The number of ether oxygens (including phenoxy) is 1. The maximum Gasteiger partial charge on any atom is 0.270 e. The van der Waals surface area contributed by atoms with Crippen molar-refractivity contribution in [1.29, 1.82) is 0 Å². The van der Waals surface area contributed by atoms with Crippen molar-refractivity contribution >= 4 is 28.9 Å². The van der Waals surface area contributed by atoms with E-state index in [4.69, 9.17) is 4.74 Å². The highest BCUT2D eigenvalue weighted by Crippen LogP contribution is 2.39. The van der Waals surface area contributed by atoms with Crippen molar-refractivity contribution < 1.29 is 23.1 Å². The largest absolute Gasteiger partial charge is 0.496 e. The molecule has 0 aromatic heterocycles. The second-order valence-electron chi connectivity index (χ2n) is 9.76. The highest BCUT2D eigenvalue weighted by atomic mass is 19.3. The van der Waals surface area contributed by atoms with Crippen molar-refractivity contribution in [2.75, 3.05) is 24.1 Å². The molecule has 3 aromatic rings. The summed E-state index contributed by atoms with van der Waals surface area (Å²) in [7, 11) is 1.61. The molecule has 2 amide bonds. The fraction of sp³-hybridized carbons (Fsp3) is 0.233. The summed E-state index contributed by atoms with van der Waals surface area (Å²) < 4.78 is 33.4. The quantitative estimate of drug-likeness (QED) is 0.376. The predicted octanol–water partition coefficient (Wildman–Crippen LogP) is 5.29. The van der Waals surface area contributed by atoms with Gasteiger partial charge in [-0.15, -0.1) is 0 Å². The van der Waals surface area contributed by atoms with Gasteiger partial charge in [-0.05, 0) is 36.8 Å². The molecule has 40 heavy (non-hydrogen) atoms. The van der Waals surface area contributed by atoms with E-state index in [2.05, 4.69) is 20.6 Å². The number of methoxy groups -OCH3 is 1. The van der Waals surface area contributed by atoms with Crippen molar-refractivity contribution in [3.05, 3.63) is 90.3 Å². The van der Waals surface area contributed by atoms with Gasteiger partial charge >= 0.3 is 0 Å². The monoisotopic (exact) mass is 545 g/mol. The minimum Gasteiger partial charge on any atom is -0.496 e. The molecule has 2 heterocycles. The first-order valence-corrected chi connectivity index (χ1v) is 12.7. The minimum absolute atomic E-state index is 0.174. The van der Waals surface area contributed by atoms with Gasteiger partial charge in [0.25, 0.3) is 11.8 Å². The zero-order chi connectivity index (χ0) is 28.4. The van der Waals surface area contributed by atoms with Crippen LogP contribution >= 0.6 is 0 Å². The summed E-state index contributed by atoms with van der Waals surface area (Å²) in [5, 5.41) is 11.4. The molecule has 10 heteroatoms. The molecule has 0 saturated carbocycles. The Balaban J connectivity index is 1.47. The van der Waals surface area contributed by atoms with E-state index >= 15 is 0 Å². The molecule has 0 bridgehead atoms. The summed E-state index contributed by atoms with van der Waals surface area (Å²) in [6, 6.07) is 18.7. The van der Waals surface area contributed by atoms with Crippen LogP contribution in [0.1, 0.15) is 25.0 Å². The highest BCUT2D eigenvalue weighted by Gasteiger charge is 2.40. The number of amides is 2. The van der Waals surface area contributed by atoms with Gasteiger partial charge in [-0.3, -0.25) is 9.59 Å². The van der Waals surface area contributed by atoms with Crippen LogP contribution in [0.25, 0.3) is 11.1 Å². The van der Waals surface area contributed by atoms with Gasteiger partial charge in [-0.2, -0.15) is 10.1 Å². The van der Waals surface area contributed by atoms with Gasteiger partial charge in [0.1, 0.15) is 5.75 Å². The van der Waals surface area contributed by atoms with E-state index in [1.807, 2.05) is 54.9 Å². The summed E-state index contributed by atoms with van der Waals surface area (Å²) in [5.41, 5.74) is 3.22. The first-order valence-electron chi connectivity index (χ1n) is 12.7. The third kappa shape index (κ3) is 5.38. The molecule has 1 atom stereocenters. The molecular formula is C30H29F2N5O3. The van der Waals surface area contributed by atoms with Crippen molar-refractivity contribution in [3.8, 4) is 16.9 Å². The first kappa shape index (κ1) is 26.9. The molecular weight excluding hydrogens is 516 g/mol. The number of nitrogens with zero attached hydrogens (tertiary/aromatic N) is 3. The molecule has 2 aliphatic heterocycles. The standard InChI is InChI=1S/C30H29F2N5O3/c1-19-26(28(38)34-23-11-7-10-22(15-23)30(2,31)32)29(39)37(35-19)24-14-21(17-36-13-12-33-18-36)27(40-3)25(16-24)20-8-5-4-6-9-20/h4-16,26,33H,17-18H2,1-3H3,(H,34,38). The topological polar surface area (TPSA) is 86.3 Å². The maximum atomic E-state index is 13.8. The summed E-state index contributed by atoms with van der Waals surface area (Å²) in [5.74, 6) is -4.78. The molecule has 2 aliphatic rings. The van der Waals surface area contributed by atoms with Crippen LogP contribution < -0.4 is 20.4 Å². The number of anilines is 2. The number of alkyl halides is 2. The highest BCUT2D eigenvalue weighted by molar-refractivity contribution is 6.28.